The Labute approximate surface area is 168 Å². The molecule has 1 unspecified atom stereocenters. The Morgan fingerprint density at radius 3 is 2.93 bits per heavy atom. The number of anilines is 2. The number of nitrogens with one attached hydrogen (secondary N) is 2. The van der Waals surface area contributed by atoms with Crippen molar-refractivity contribution in [1.82, 2.24) is 14.9 Å². The van der Waals surface area contributed by atoms with Crippen molar-refractivity contribution in [3.05, 3.63) is 28.6 Å². The van der Waals surface area contributed by atoms with E-state index >= 15 is 0 Å². The summed E-state index contributed by atoms with van der Waals surface area (Å²) in [6, 6.07) is 5.35. The van der Waals surface area contributed by atoms with Gasteiger partial charge in [-0.25, -0.2) is 9.78 Å². The summed E-state index contributed by atoms with van der Waals surface area (Å²) in [6.45, 7) is 1.70. The number of pyridine rings is 1. The van der Waals surface area contributed by atoms with E-state index < -0.39 is 6.03 Å². The van der Waals surface area contributed by atoms with Gasteiger partial charge in [0.25, 0.3) is 0 Å². The summed E-state index contributed by atoms with van der Waals surface area (Å²) in [6.07, 6.45) is 4.69. The number of carbonyl (C=O) groups excluding carboxylic acids is 1. The Morgan fingerprint density at radius 1 is 1.29 bits per heavy atom. The Morgan fingerprint density at radius 2 is 2.14 bits per heavy atom. The first kappa shape index (κ1) is 18.7. The molecule has 2 aliphatic rings. The number of ether oxygens (including phenoxy) is 1. The van der Waals surface area contributed by atoms with Crippen molar-refractivity contribution >= 4 is 29.0 Å². The Balaban J connectivity index is 1.28. The van der Waals surface area contributed by atoms with Crippen molar-refractivity contribution in [3.8, 4) is 17.7 Å². The summed E-state index contributed by atoms with van der Waals surface area (Å²) in [5.41, 5.74) is 0. The molecule has 1 atom stereocenters. The van der Waals surface area contributed by atoms with Gasteiger partial charge in [0.2, 0.25) is 5.88 Å². The highest BCUT2D eigenvalue weighted by Crippen LogP contribution is 2.27. The van der Waals surface area contributed by atoms with Crippen LogP contribution in [-0.2, 0) is 0 Å². The molecule has 2 amide bonds. The first-order valence-electron chi connectivity index (χ1n) is 9.51. The zero-order chi connectivity index (χ0) is 19.3. The number of hydrogen-bond acceptors (Lipinski definition) is 6. The average molecular weight is 398 g/mol. The number of aromatic nitrogens is 2. The minimum Gasteiger partial charge on any atom is -0.476 e. The van der Waals surface area contributed by atoms with Crippen molar-refractivity contribution in [2.24, 2.45) is 5.92 Å². The molecule has 3 heterocycles. The lowest BCUT2D eigenvalue weighted by atomic mass is 10.2. The van der Waals surface area contributed by atoms with Crippen LogP contribution in [0.2, 0.25) is 0 Å². The number of carbonyl (C=O) groups is 1. The summed E-state index contributed by atoms with van der Waals surface area (Å²) in [4.78, 5) is 23.2. The van der Waals surface area contributed by atoms with Gasteiger partial charge in [-0.05, 0) is 51.3 Å². The van der Waals surface area contributed by atoms with Crippen molar-refractivity contribution in [2.45, 2.75) is 31.7 Å². The lowest BCUT2D eigenvalue weighted by molar-refractivity contribution is 0.193. The van der Waals surface area contributed by atoms with E-state index in [1.165, 1.54) is 30.6 Å². The number of amides is 2. The van der Waals surface area contributed by atoms with Gasteiger partial charge in [-0.3, -0.25) is 10.6 Å². The Hall–Kier alpha value is -2.63. The topological polar surface area (TPSA) is 79.4 Å². The number of nitrogens with zero attached hydrogens (tertiary/aromatic N) is 3. The lowest BCUT2D eigenvalue weighted by Gasteiger charge is -2.19. The third-order valence-electron chi connectivity index (χ3n) is 4.77. The second-order valence-electron chi connectivity index (χ2n) is 7.11. The molecule has 2 aromatic rings. The summed E-state index contributed by atoms with van der Waals surface area (Å²) in [7, 11) is 2.11. The second kappa shape index (κ2) is 8.59. The second-order valence-corrected chi connectivity index (χ2v) is 7.97. The maximum Gasteiger partial charge on any atom is 0.326 e. The number of rotatable bonds is 5. The molecule has 2 aromatic heterocycles. The highest BCUT2D eigenvalue weighted by Gasteiger charge is 2.21. The number of urea groups is 1. The van der Waals surface area contributed by atoms with Crippen LogP contribution in [0.1, 0.15) is 30.7 Å². The highest BCUT2D eigenvalue weighted by molar-refractivity contribution is 7.10. The van der Waals surface area contributed by atoms with Gasteiger partial charge in [0.15, 0.2) is 5.01 Å². The summed E-state index contributed by atoms with van der Waals surface area (Å²) < 4.78 is 5.81. The molecule has 8 heteroatoms. The zero-order valence-corrected chi connectivity index (χ0v) is 16.6. The minimum atomic E-state index is -0.396. The van der Waals surface area contributed by atoms with Crippen LogP contribution in [0, 0.1) is 17.8 Å². The normalized spacial score (nSPS) is 19.0. The number of thiazole rings is 1. The van der Waals surface area contributed by atoms with Crippen LogP contribution in [0.3, 0.4) is 0 Å². The van der Waals surface area contributed by atoms with Crippen molar-refractivity contribution in [1.29, 1.82) is 0 Å². The van der Waals surface area contributed by atoms with Crippen molar-refractivity contribution in [3.63, 3.8) is 0 Å². The number of likely N-dealkylation sites (N-methyl/N-ethyl adjacent to an activating group) is 1. The maximum atomic E-state index is 12.2. The van der Waals surface area contributed by atoms with Crippen molar-refractivity contribution in [2.75, 3.05) is 30.8 Å². The van der Waals surface area contributed by atoms with E-state index in [0.29, 0.717) is 41.1 Å². The molecular formula is C20H23N5O2S. The highest BCUT2D eigenvalue weighted by atomic mass is 32.1. The van der Waals surface area contributed by atoms with E-state index in [1.807, 2.05) is 6.07 Å². The van der Waals surface area contributed by atoms with Gasteiger partial charge < -0.3 is 9.64 Å². The smallest absolute Gasteiger partial charge is 0.326 e. The van der Waals surface area contributed by atoms with Crippen LogP contribution in [0.15, 0.2) is 23.6 Å². The van der Waals surface area contributed by atoms with E-state index in [-0.39, 0.29) is 0 Å². The molecule has 7 nitrogen and oxygen atoms in total. The maximum absolute atomic E-state index is 12.2. The van der Waals surface area contributed by atoms with Crippen LogP contribution < -0.4 is 15.4 Å². The first-order valence-corrected chi connectivity index (χ1v) is 10.4. The molecular weight excluding hydrogens is 374 g/mol. The minimum absolute atomic E-state index is 0.396. The van der Waals surface area contributed by atoms with Gasteiger partial charge in [-0.1, -0.05) is 12.0 Å². The monoisotopic (exact) mass is 397 g/mol. The van der Waals surface area contributed by atoms with E-state index in [0.717, 1.165) is 13.0 Å². The molecule has 1 saturated carbocycles. The third kappa shape index (κ3) is 5.21. The summed E-state index contributed by atoms with van der Waals surface area (Å²) >= 11 is 1.42. The standard InChI is InChI=1S/C20H23N5O2S/c1-25-11-3-4-15(25)12-27-18-6-2-5-16(21-18)23-20(26)24-17-13-28-19(22-17)10-9-14-7-8-14/h2,5-6,13-15H,3-4,7-8,11-12H2,1H3,(H2,21,23,24,26). The molecule has 2 N–H and O–H groups in total. The molecule has 0 aromatic carbocycles. The van der Waals surface area contributed by atoms with Crippen molar-refractivity contribution < 1.29 is 9.53 Å². The van der Waals surface area contributed by atoms with Gasteiger partial charge in [-0.2, -0.15) is 4.98 Å². The molecule has 4 rings (SSSR count). The van der Waals surface area contributed by atoms with E-state index in [9.17, 15) is 4.79 Å². The molecule has 0 spiro atoms. The van der Waals surface area contributed by atoms with Crippen LogP contribution in [0.4, 0.5) is 16.4 Å². The van der Waals surface area contributed by atoms with Gasteiger partial charge in [0, 0.05) is 23.4 Å². The zero-order valence-electron chi connectivity index (χ0n) is 15.8. The van der Waals surface area contributed by atoms with Gasteiger partial charge >= 0.3 is 6.03 Å². The molecule has 0 bridgehead atoms. The van der Waals surface area contributed by atoms with Gasteiger partial charge in [-0.15, -0.1) is 11.3 Å². The fourth-order valence-corrected chi connectivity index (χ4v) is 3.58. The fourth-order valence-electron chi connectivity index (χ4n) is 2.98. The lowest BCUT2D eigenvalue weighted by Crippen LogP contribution is -2.30. The number of likely N-dealkylation sites (tertiary alicyclic amines) is 1. The Bertz CT molecular complexity index is 899. The third-order valence-corrected chi connectivity index (χ3v) is 5.52. The quantitative estimate of drug-likeness (QED) is 0.756. The molecule has 1 aliphatic heterocycles. The summed E-state index contributed by atoms with van der Waals surface area (Å²) in [5.74, 6) is 8.16. The van der Waals surface area contributed by atoms with E-state index in [4.69, 9.17) is 4.74 Å². The van der Waals surface area contributed by atoms with Crippen LogP contribution in [0.25, 0.3) is 0 Å². The largest absolute Gasteiger partial charge is 0.476 e. The number of hydrogen-bond donors (Lipinski definition) is 2. The van der Waals surface area contributed by atoms with Crippen LogP contribution in [0.5, 0.6) is 5.88 Å². The molecule has 146 valence electrons. The van der Waals surface area contributed by atoms with Gasteiger partial charge in [0.1, 0.15) is 18.2 Å². The van der Waals surface area contributed by atoms with E-state index in [2.05, 4.69) is 44.4 Å². The molecule has 0 radical (unpaired) electrons. The molecule has 1 aliphatic carbocycles. The van der Waals surface area contributed by atoms with Gasteiger partial charge in [0.05, 0.1) is 0 Å². The van der Waals surface area contributed by atoms with Crippen LogP contribution in [-0.4, -0.2) is 47.1 Å². The predicted octanol–water partition coefficient (Wildman–Crippen LogP) is 3.42. The predicted molar refractivity (Wildman–Crippen MR) is 110 cm³/mol. The molecule has 2 fully saturated rings. The Kier molecular flexibility index (Phi) is 5.74. The SMILES string of the molecule is CN1CCCC1COc1cccc(NC(=O)Nc2csc(C#CC3CC3)n2)n1. The fraction of sp³-hybridized carbons (Fsp3) is 0.450. The summed E-state index contributed by atoms with van der Waals surface area (Å²) in [5, 5.41) is 7.92. The van der Waals surface area contributed by atoms with Crippen LogP contribution >= 0.6 is 11.3 Å². The van der Waals surface area contributed by atoms with E-state index in [1.54, 1.807) is 17.5 Å². The molecule has 28 heavy (non-hydrogen) atoms. The average Bonchev–Trinajstić information content (AvgIpc) is 3.26. The first-order chi connectivity index (χ1) is 13.7. The molecule has 1 saturated heterocycles.